The molecular weight excluding hydrogens is 205 g/mol. The fourth-order valence-electron chi connectivity index (χ4n) is 1.42. The molecule has 1 N–H and O–H groups in total. The van der Waals surface area contributed by atoms with Crippen LogP contribution in [0, 0.1) is 0 Å². The molecule has 2 nitrogen and oxygen atoms in total. The fourth-order valence-corrected chi connectivity index (χ4v) is 2.58. The summed E-state index contributed by atoms with van der Waals surface area (Å²) in [5.41, 5.74) is 1.24. The van der Waals surface area contributed by atoms with E-state index in [0.29, 0.717) is 0 Å². The average Bonchev–Trinajstić information content (AvgIpc) is 2.28. The molecule has 0 saturated carbocycles. The van der Waals surface area contributed by atoms with Gasteiger partial charge in [0.15, 0.2) is 0 Å². The van der Waals surface area contributed by atoms with Crippen molar-refractivity contribution < 1.29 is 4.52 Å². The minimum absolute atomic E-state index is 0.287. The quantitative estimate of drug-likeness (QED) is 0.750. The van der Waals surface area contributed by atoms with Crippen LogP contribution in [0.4, 0.5) is 0 Å². The third-order valence-corrected chi connectivity index (χ3v) is 4.14. The zero-order chi connectivity index (χ0) is 11.1. The predicted molar refractivity (Wildman–Crippen MR) is 67.8 cm³/mol. The molecule has 0 bridgehead atoms. The maximum atomic E-state index is 6.02. The molecular formula is C12H20NOP. The Hall–Kier alpha value is -0.590. The summed E-state index contributed by atoms with van der Waals surface area (Å²) in [6.07, 6.45) is 2.25. The number of para-hydroxylation sites is 1. The van der Waals surface area contributed by atoms with Crippen molar-refractivity contribution >= 4 is 8.15 Å². The van der Waals surface area contributed by atoms with E-state index >= 15 is 0 Å². The molecule has 0 unspecified atom stereocenters. The van der Waals surface area contributed by atoms with Crippen LogP contribution in [0.1, 0.15) is 19.4 Å². The Kier molecular flexibility index (Phi) is 5.67. The molecule has 3 heteroatoms. The van der Waals surface area contributed by atoms with Gasteiger partial charge in [-0.3, -0.25) is 0 Å². The lowest BCUT2D eigenvalue weighted by Crippen LogP contribution is -2.06. The highest BCUT2D eigenvalue weighted by atomic mass is 31.1. The smallest absolute Gasteiger partial charge is 0.127 e. The van der Waals surface area contributed by atoms with Crippen LogP contribution in [0.25, 0.3) is 0 Å². The molecule has 0 aliphatic rings. The molecule has 1 aromatic carbocycles. The van der Waals surface area contributed by atoms with Crippen LogP contribution in [0.2, 0.25) is 0 Å². The summed E-state index contributed by atoms with van der Waals surface area (Å²) in [6.45, 7) is 5.25. The molecule has 1 rings (SSSR count). The van der Waals surface area contributed by atoms with Crippen LogP contribution < -0.4 is 9.84 Å². The Morgan fingerprint density at radius 1 is 1.20 bits per heavy atom. The van der Waals surface area contributed by atoms with Crippen molar-refractivity contribution in [3.63, 3.8) is 0 Å². The monoisotopic (exact) mass is 225 g/mol. The Morgan fingerprint density at radius 2 is 1.87 bits per heavy atom. The van der Waals surface area contributed by atoms with E-state index in [1.807, 2.05) is 13.1 Å². The SMILES string of the molecule is CCP(CC)Oc1ccccc1CNC. The maximum absolute atomic E-state index is 6.02. The number of nitrogens with one attached hydrogen (secondary N) is 1. The zero-order valence-corrected chi connectivity index (χ0v) is 10.7. The van der Waals surface area contributed by atoms with E-state index in [1.165, 1.54) is 5.56 Å². The molecule has 0 spiro atoms. The standard InChI is InChI=1S/C12H20NOP/c1-4-15(5-2)14-12-9-7-6-8-11(12)10-13-3/h6-9,13H,4-5,10H2,1-3H3. The molecule has 0 radical (unpaired) electrons. The molecule has 0 aliphatic carbocycles. The van der Waals surface area contributed by atoms with Crippen LogP contribution in [0.3, 0.4) is 0 Å². The van der Waals surface area contributed by atoms with E-state index < -0.39 is 0 Å². The summed E-state index contributed by atoms with van der Waals surface area (Å²) in [5, 5.41) is 3.16. The van der Waals surface area contributed by atoms with E-state index in [-0.39, 0.29) is 8.15 Å². The predicted octanol–water partition coefficient (Wildman–Crippen LogP) is 3.22. The van der Waals surface area contributed by atoms with Crippen LogP contribution in [-0.4, -0.2) is 19.4 Å². The van der Waals surface area contributed by atoms with Gasteiger partial charge in [0, 0.05) is 24.4 Å². The van der Waals surface area contributed by atoms with Gasteiger partial charge in [0.2, 0.25) is 0 Å². The second-order valence-electron chi connectivity index (χ2n) is 3.34. The average molecular weight is 225 g/mol. The minimum atomic E-state index is -0.287. The molecule has 0 saturated heterocycles. The number of benzene rings is 1. The van der Waals surface area contributed by atoms with E-state index in [0.717, 1.165) is 24.6 Å². The molecule has 84 valence electrons. The third kappa shape index (κ3) is 3.81. The molecule has 15 heavy (non-hydrogen) atoms. The summed E-state index contributed by atoms with van der Waals surface area (Å²) >= 11 is 0. The van der Waals surface area contributed by atoms with Crippen LogP contribution in [0.5, 0.6) is 5.75 Å². The van der Waals surface area contributed by atoms with Crippen molar-refractivity contribution in [1.29, 1.82) is 0 Å². The second kappa shape index (κ2) is 6.81. The van der Waals surface area contributed by atoms with Crippen LogP contribution >= 0.6 is 8.15 Å². The zero-order valence-electron chi connectivity index (χ0n) is 9.79. The van der Waals surface area contributed by atoms with E-state index in [2.05, 4.69) is 37.4 Å². The van der Waals surface area contributed by atoms with Crippen LogP contribution in [0.15, 0.2) is 24.3 Å². The van der Waals surface area contributed by atoms with Gasteiger partial charge in [0.1, 0.15) is 5.75 Å². The summed E-state index contributed by atoms with van der Waals surface area (Å²) in [7, 11) is 1.67. The van der Waals surface area contributed by atoms with Crippen molar-refractivity contribution in [2.45, 2.75) is 20.4 Å². The van der Waals surface area contributed by atoms with Gasteiger partial charge in [-0.05, 0) is 13.1 Å². The highest BCUT2D eigenvalue weighted by molar-refractivity contribution is 7.52. The molecule has 0 heterocycles. The Bertz CT molecular complexity index is 287. The first-order valence-corrected chi connectivity index (χ1v) is 7.10. The second-order valence-corrected chi connectivity index (χ2v) is 5.75. The summed E-state index contributed by atoms with van der Waals surface area (Å²) in [5.74, 6) is 1.04. The Morgan fingerprint density at radius 3 is 2.47 bits per heavy atom. The largest absolute Gasteiger partial charge is 0.474 e. The maximum Gasteiger partial charge on any atom is 0.127 e. The summed E-state index contributed by atoms with van der Waals surface area (Å²) in [6, 6.07) is 8.27. The van der Waals surface area contributed by atoms with E-state index in [1.54, 1.807) is 0 Å². The summed E-state index contributed by atoms with van der Waals surface area (Å²) in [4.78, 5) is 0. The molecule has 0 fully saturated rings. The number of rotatable bonds is 6. The van der Waals surface area contributed by atoms with Crippen molar-refractivity contribution in [3.05, 3.63) is 29.8 Å². The van der Waals surface area contributed by atoms with Gasteiger partial charge in [-0.25, -0.2) is 0 Å². The van der Waals surface area contributed by atoms with Gasteiger partial charge in [-0.2, -0.15) is 0 Å². The lowest BCUT2D eigenvalue weighted by molar-refractivity contribution is 0.598. The lowest BCUT2D eigenvalue weighted by Gasteiger charge is -2.17. The van der Waals surface area contributed by atoms with Crippen molar-refractivity contribution in [2.24, 2.45) is 0 Å². The molecule has 0 aliphatic heterocycles. The number of hydrogen-bond acceptors (Lipinski definition) is 2. The number of hydrogen-bond donors (Lipinski definition) is 1. The molecule has 0 amide bonds. The van der Waals surface area contributed by atoms with Gasteiger partial charge in [0.05, 0.1) is 8.15 Å². The lowest BCUT2D eigenvalue weighted by atomic mass is 10.2. The van der Waals surface area contributed by atoms with Gasteiger partial charge in [-0.1, -0.05) is 32.0 Å². The Balaban J connectivity index is 2.73. The third-order valence-electron chi connectivity index (χ3n) is 2.27. The van der Waals surface area contributed by atoms with Gasteiger partial charge < -0.3 is 9.84 Å². The van der Waals surface area contributed by atoms with E-state index in [9.17, 15) is 0 Å². The van der Waals surface area contributed by atoms with Crippen molar-refractivity contribution in [2.75, 3.05) is 19.4 Å². The topological polar surface area (TPSA) is 21.3 Å². The Labute approximate surface area is 93.9 Å². The molecule has 0 atom stereocenters. The highest BCUT2D eigenvalue weighted by Gasteiger charge is 2.08. The van der Waals surface area contributed by atoms with Gasteiger partial charge >= 0.3 is 0 Å². The first-order valence-electron chi connectivity index (χ1n) is 5.47. The highest BCUT2D eigenvalue weighted by Crippen LogP contribution is 2.38. The molecule has 1 aromatic rings. The van der Waals surface area contributed by atoms with Crippen LogP contribution in [-0.2, 0) is 6.54 Å². The fraction of sp³-hybridized carbons (Fsp3) is 0.500. The van der Waals surface area contributed by atoms with Gasteiger partial charge in [-0.15, -0.1) is 0 Å². The van der Waals surface area contributed by atoms with Crippen molar-refractivity contribution in [3.8, 4) is 5.75 Å². The first kappa shape index (κ1) is 12.5. The van der Waals surface area contributed by atoms with Gasteiger partial charge in [0.25, 0.3) is 0 Å². The first-order chi connectivity index (χ1) is 7.31. The summed E-state index contributed by atoms with van der Waals surface area (Å²) < 4.78 is 6.02. The minimum Gasteiger partial charge on any atom is -0.474 e. The normalized spacial score (nSPS) is 10.7. The molecule has 0 aromatic heterocycles. The van der Waals surface area contributed by atoms with Crippen molar-refractivity contribution in [1.82, 2.24) is 5.32 Å². The van der Waals surface area contributed by atoms with E-state index in [4.69, 9.17) is 4.52 Å².